The summed E-state index contributed by atoms with van der Waals surface area (Å²) in [6, 6.07) is 12.4. The predicted octanol–water partition coefficient (Wildman–Crippen LogP) is 3.27. The molecule has 0 aliphatic heterocycles. The van der Waals surface area contributed by atoms with Gasteiger partial charge in [0.25, 0.3) is 11.7 Å². The van der Waals surface area contributed by atoms with Crippen LogP contribution in [0, 0.1) is 0 Å². The molecule has 144 valence electrons. The first-order chi connectivity index (χ1) is 13.4. The molecule has 0 atom stereocenters. The number of aromatic hydroxyl groups is 1. The molecule has 7 nitrogen and oxygen atoms in total. The number of nitrogens with one attached hydrogen (secondary N) is 2. The van der Waals surface area contributed by atoms with Crippen molar-refractivity contribution in [3.8, 4) is 17.1 Å². The van der Waals surface area contributed by atoms with Crippen LogP contribution in [0.15, 0.2) is 57.2 Å². The summed E-state index contributed by atoms with van der Waals surface area (Å²) >= 11 is 10.6. The second kappa shape index (κ2) is 9.22. The molecule has 3 N–H and O–H groups in total. The van der Waals surface area contributed by atoms with Crippen LogP contribution in [0.25, 0.3) is 11.4 Å². The number of hydrogen-bond donors (Lipinski definition) is 3. The molecule has 0 saturated heterocycles. The van der Waals surface area contributed by atoms with E-state index in [9.17, 15) is 9.90 Å². The maximum atomic E-state index is 12.0. The van der Waals surface area contributed by atoms with E-state index in [1.165, 1.54) is 24.0 Å². The molecule has 3 aromatic rings. The Labute approximate surface area is 178 Å². The van der Waals surface area contributed by atoms with Crippen molar-refractivity contribution in [3.05, 3.63) is 57.5 Å². The molecule has 10 heteroatoms. The molecule has 0 bridgehead atoms. The number of aromatic nitrogens is 3. The van der Waals surface area contributed by atoms with Crippen LogP contribution in [0.3, 0.4) is 0 Å². The number of phenols is 1. The van der Waals surface area contributed by atoms with E-state index in [-0.39, 0.29) is 17.4 Å². The highest BCUT2D eigenvalue weighted by Crippen LogP contribution is 2.21. The molecular formula is C18H16BrClN5O2S+. The number of rotatable bonds is 6. The number of carbonyl (C=O) groups excluding carboxylic acids is 1. The van der Waals surface area contributed by atoms with Crippen LogP contribution >= 0.6 is 39.3 Å². The van der Waals surface area contributed by atoms with Crippen LogP contribution < -0.4 is 9.99 Å². The minimum Gasteiger partial charge on any atom is -0.507 e. The van der Waals surface area contributed by atoms with E-state index >= 15 is 0 Å². The van der Waals surface area contributed by atoms with E-state index in [1.54, 1.807) is 18.2 Å². The molecule has 0 saturated carbocycles. The Hall–Kier alpha value is -2.36. The molecule has 28 heavy (non-hydrogen) atoms. The standard InChI is InChI=1S/C18H15BrClN5O2S/c1-25-17(11-3-2-4-14(20)8-11)23-24-18(25)28-10-16(27)22-21-9-12-7-13(19)5-6-15(12)26/h2-9H,10H2,1H3,(H2,21,22,26,27)/p+1. The van der Waals surface area contributed by atoms with Crippen molar-refractivity contribution < 1.29 is 14.5 Å². The van der Waals surface area contributed by atoms with E-state index in [0.29, 0.717) is 15.7 Å². The Balaban J connectivity index is 1.58. The van der Waals surface area contributed by atoms with Gasteiger partial charge in [0.2, 0.25) is 0 Å². The lowest BCUT2D eigenvalue weighted by molar-refractivity contribution is -0.698. The fraction of sp³-hybridized carbons (Fsp3) is 0.111. The monoisotopic (exact) mass is 480 g/mol. The largest absolute Gasteiger partial charge is 0.507 e. The zero-order valence-corrected chi connectivity index (χ0v) is 17.8. The number of aromatic amines is 1. The Morgan fingerprint density at radius 2 is 2.25 bits per heavy atom. The van der Waals surface area contributed by atoms with Gasteiger partial charge in [0.1, 0.15) is 5.75 Å². The zero-order chi connectivity index (χ0) is 20.1. The van der Waals surface area contributed by atoms with E-state index in [2.05, 4.69) is 36.7 Å². The third-order valence-corrected chi connectivity index (χ3v) is 5.45. The summed E-state index contributed by atoms with van der Waals surface area (Å²) in [7, 11) is 1.86. The average molecular weight is 482 g/mol. The van der Waals surface area contributed by atoms with Gasteiger partial charge in [-0.05, 0) is 48.2 Å². The van der Waals surface area contributed by atoms with Crippen molar-refractivity contribution in [1.29, 1.82) is 0 Å². The molecule has 2 aromatic carbocycles. The lowest BCUT2D eigenvalue weighted by Gasteiger charge is -2.00. The number of hydrogen-bond acceptors (Lipinski definition) is 5. The highest BCUT2D eigenvalue weighted by atomic mass is 79.9. The normalized spacial score (nSPS) is 11.1. The fourth-order valence-corrected chi connectivity index (χ4v) is 3.62. The van der Waals surface area contributed by atoms with Gasteiger partial charge in [0.15, 0.2) is 0 Å². The summed E-state index contributed by atoms with van der Waals surface area (Å²) in [5.74, 6) is 0.708. The molecule has 0 fully saturated rings. The third-order valence-electron chi connectivity index (χ3n) is 3.69. The van der Waals surface area contributed by atoms with Gasteiger partial charge in [-0.1, -0.05) is 33.6 Å². The van der Waals surface area contributed by atoms with Crippen LogP contribution in [-0.2, 0) is 11.8 Å². The SMILES string of the molecule is C[n+]1c(SCC(=O)N/N=C/c2cc(Br)ccc2O)n[nH]c1-c1cccc(Cl)c1. The lowest BCUT2D eigenvalue weighted by Crippen LogP contribution is -2.32. The number of phenolic OH excluding ortho intramolecular Hbond substituents is 1. The molecule has 1 heterocycles. The summed E-state index contributed by atoms with van der Waals surface area (Å²) in [6.45, 7) is 0. The van der Waals surface area contributed by atoms with Gasteiger partial charge in [0, 0.05) is 15.1 Å². The molecule has 0 unspecified atom stereocenters. The minimum absolute atomic E-state index is 0.0765. The van der Waals surface area contributed by atoms with Crippen LogP contribution in [0.4, 0.5) is 0 Å². The van der Waals surface area contributed by atoms with Gasteiger partial charge in [-0.25, -0.2) is 9.99 Å². The van der Waals surface area contributed by atoms with E-state index in [1.807, 2.05) is 29.8 Å². The van der Waals surface area contributed by atoms with Crippen molar-refractivity contribution in [2.24, 2.45) is 12.1 Å². The highest BCUT2D eigenvalue weighted by molar-refractivity contribution is 9.10. The molecule has 3 rings (SSSR count). The fourth-order valence-electron chi connectivity index (χ4n) is 2.33. The molecule has 1 amide bonds. The molecule has 0 radical (unpaired) electrons. The van der Waals surface area contributed by atoms with Crippen molar-refractivity contribution in [2.45, 2.75) is 5.16 Å². The molecule has 0 aliphatic rings. The number of carbonyl (C=O) groups is 1. The Morgan fingerprint density at radius 1 is 1.43 bits per heavy atom. The minimum atomic E-state index is -0.289. The first-order valence-electron chi connectivity index (χ1n) is 8.07. The van der Waals surface area contributed by atoms with Crippen LogP contribution in [0.5, 0.6) is 5.75 Å². The molecular weight excluding hydrogens is 466 g/mol. The Bertz CT molecular complexity index is 1040. The van der Waals surface area contributed by atoms with Gasteiger partial charge in [-0.15, -0.1) is 5.10 Å². The summed E-state index contributed by atoms with van der Waals surface area (Å²) in [6.07, 6.45) is 1.38. The van der Waals surface area contributed by atoms with Gasteiger partial charge in [-0.2, -0.15) is 5.10 Å². The Kier molecular flexibility index (Phi) is 6.71. The topological polar surface area (TPSA) is 94.2 Å². The zero-order valence-electron chi connectivity index (χ0n) is 14.7. The number of benzene rings is 2. The highest BCUT2D eigenvalue weighted by Gasteiger charge is 2.20. The summed E-state index contributed by atoms with van der Waals surface area (Å²) in [4.78, 5) is 12.0. The average Bonchev–Trinajstić information content (AvgIpc) is 3.03. The number of H-pyrrole nitrogens is 1. The number of nitrogens with zero attached hydrogens (tertiary/aromatic N) is 3. The van der Waals surface area contributed by atoms with Gasteiger partial charge in [-0.3, -0.25) is 4.79 Å². The van der Waals surface area contributed by atoms with Crippen molar-refractivity contribution in [2.75, 3.05) is 5.75 Å². The number of hydrazone groups is 1. The maximum absolute atomic E-state index is 12.0. The number of amides is 1. The second-order valence-electron chi connectivity index (χ2n) is 5.71. The summed E-state index contributed by atoms with van der Waals surface area (Å²) in [5.41, 5.74) is 3.83. The van der Waals surface area contributed by atoms with Crippen molar-refractivity contribution >= 4 is 51.4 Å². The van der Waals surface area contributed by atoms with Crippen LogP contribution in [0.1, 0.15) is 5.56 Å². The lowest BCUT2D eigenvalue weighted by atomic mass is 10.2. The van der Waals surface area contributed by atoms with Crippen molar-refractivity contribution in [3.63, 3.8) is 0 Å². The quantitative estimate of drug-likeness (QED) is 0.218. The van der Waals surface area contributed by atoms with E-state index in [4.69, 9.17) is 11.6 Å². The first kappa shape index (κ1) is 20.4. The smallest absolute Gasteiger partial charge is 0.337 e. The van der Waals surface area contributed by atoms with E-state index < -0.39 is 0 Å². The first-order valence-corrected chi connectivity index (χ1v) is 10.2. The maximum Gasteiger partial charge on any atom is 0.337 e. The predicted molar refractivity (Wildman–Crippen MR) is 112 cm³/mol. The molecule has 1 aromatic heterocycles. The summed E-state index contributed by atoms with van der Waals surface area (Å²) in [5, 5.41) is 22.1. The van der Waals surface area contributed by atoms with Crippen LogP contribution in [-0.4, -0.2) is 33.2 Å². The number of thioether (sulfide) groups is 1. The van der Waals surface area contributed by atoms with Gasteiger partial charge < -0.3 is 5.11 Å². The van der Waals surface area contributed by atoms with Crippen molar-refractivity contribution in [1.82, 2.24) is 15.6 Å². The summed E-state index contributed by atoms with van der Waals surface area (Å²) < 4.78 is 2.65. The second-order valence-corrected chi connectivity index (χ2v) is 8.00. The van der Waals surface area contributed by atoms with Gasteiger partial charge in [0.05, 0.1) is 29.7 Å². The number of halogens is 2. The molecule has 0 aliphatic carbocycles. The van der Waals surface area contributed by atoms with Crippen LogP contribution in [0.2, 0.25) is 5.02 Å². The Morgan fingerprint density at radius 3 is 3.04 bits per heavy atom. The molecule has 0 spiro atoms. The van der Waals surface area contributed by atoms with E-state index in [0.717, 1.165) is 15.9 Å². The van der Waals surface area contributed by atoms with Gasteiger partial charge >= 0.3 is 5.16 Å². The third kappa shape index (κ3) is 5.12.